The molecule has 82 valence electrons. The van der Waals surface area contributed by atoms with Gasteiger partial charge in [0.1, 0.15) is 6.33 Å². The van der Waals surface area contributed by atoms with E-state index in [9.17, 15) is 4.79 Å². The number of nitrogens with zero attached hydrogens (tertiary/aromatic N) is 2. The highest BCUT2D eigenvalue weighted by Crippen LogP contribution is 2.48. The van der Waals surface area contributed by atoms with Crippen LogP contribution in [0.5, 0.6) is 0 Å². The van der Waals surface area contributed by atoms with Crippen LogP contribution in [-0.4, -0.2) is 21.0 Å². The molecule has 2 bridgehead atoms. The normalized spacial score (nSPS) is 30.9. The number of allylic oxidation sites excluding steroid dienone is 2. The molecular formula is C12H12N2O2. The highest BCUT2D eigenvalue weighted by Gasteiger charge is 2.37. The zero-order chi connectivity index (χ0) is 11.1. The van der Waals surface area contributed by atoms with E-state index in [-0.39, 0.29) is 5.69 Å². The molecule has 3 atom stereocenters. The van der Waals surface area contributed by atoms with Gasteiger partial charge in [-0.3, -0.25) is 0 Å². The van der Waals surface area contributed by atoms with Crippen LogP contribution in [0.1, 0.15) is 34.9 Å². The molecule has 1 aromatic rings. The van der Waals surface area contributed by atoms with Crippen molar-refractivity contribution in [2.75, 3.05) is 0 Å². The van der Waals surface area contributed by atoms with Crippen LogP contribution in [0.2, 0.25) is 0 Å². The van der Waals surface area contributed by atoms with Crippen molar-refractivity contribution in [1.29, 1.82) is 0 Å². The summed E-state index contributed by atoms with van der Waals surface area (Å²) in [5.41, 5.74) is 0.973. The maximum atomic E-state index is 10.8. The molecule has 0 saturated heterocycles. The highest BCUT2D eigenvalue weighted by molar-refractivity contribution is 5.85. The molecule has 2 aliphatic rings. The molecule has 0 unspecified atom stereocenters. The molecule has 1 heterocycles. The van der Waals surface area contributed by atoms with E-state index in [0.717, 1.165) is 12.1 Å². The van der Waals surface area contributed by atoms with Crippen LogP contribution in [0, 0.1) is 11.8 Å². The Labute approximate surface area is 93.0 Å². The second-order valence-corrected chi connectivity index (χ2v) is 4.52. The molecule has 1 aromatic heterocycles. The first kappa shape index (κ1) is 9.51. The number of hydrogen-bond acceptors (Lipinski definition) is 3. The third kappa shape index (κ3) is 1.41. The van der Waals surface area contributed by atoms with Gasteiger partial charge in [0.25, 0.3) is 0 Å². The van der Waals surface area contributed by atoms with Crippen LogP contribution in [0.3, 0.4) is 0 Å². The topological polar surface area (TPSA) is 63.1 Å². The quantitative estimate of drug-likeness (QED) is 0.766. The molecule has 3 rings (SSSR count). The van der Waals surface area contributed by atoms with E-state index >= 15 is 0 Å². The van der Waals surface area contributed by atoms with Crippen molar-refractivity contribution >= 4 is 5.97 Å². The standard InChI is InChI=1S/C12H12N2O2/c15-12(16)11-5-10(13-6-14-11)9-4-7-1-2-8(9)3-7/h1-2,5-9H,3-4H2,(H,15,16)/t7-,8-,9-/m0/s1. The van der Waals surface area contributed by atoms with Crippen molar-refractivity contribution in [3.63, 3.8) is 0 Å². The van der Waals surface area contributed by atoms with Crippen molar-refractivity contribution < 1.29 is 9.90 Å². The summed E-state index contributed by atoms with van der Waals surface area (Å²) in [5.74, 6) is 0.609. The Balaban J connectivity index is 1.92. The van der Waals surface area contributed by atoms with Gasteiger partial charge in [0.15, 0.2) is 5.69 Å². The largest absolute Gasteiger partial charge is 0.477 e. The molecule has 1 saturated carbocycles. The summed E-state index contributed by atoms with van der Waals surface area (Å²) in [6, 6.07) is 1.61. The molecule has 1 fully saturated rings. The third-order valence-electron chi connectivity index (χ3n) is 3.57. The summed E-state index contributed by atoms with van der Waals surface area (Å²) in [4.78, 5) is 18.8. The Kier molecular flexibility index (Phi) is 2.02. The zero-order valence-corrected chi connectivity index (χ0v) is 8.71. The number of carbonyl (C=O) groups is 1. The second-order valence-electron chi connectivity index (χ2n) is 4.52. The number of aromatic carboxylic acids is 1. The average Bonchev–Trinajstić information content (AvgIpc) is 2.91. The van der Waals surface area contributed by atoms with Gasteiger partial charge in [-0.15, -0.1) is 0 Å². The summed E-state index contributed by atoms with van der Waals surface area (Å²) in [6.45, 7) is 0. The van der Waals surface area contributed by atoms with Gasteiger partial charge in [0.05, 0.1) is 0 Å². The maximum Gasteiger partial charge on any atom is 0.354 e. The number of aromatic nitrogens is 2. The molecular weight excluding hydrogens is 204 g/mol. The highest BCUT2D eigenvalue weighted by atomic mass is 16.4. The first-order chi connectivity index (χ1) is 7.74. The van der Waals surface area contributed by atoms with Crippen LogP contribution in [0.25, 0.3) is 0 Å². The van der Waals surface area contributed by atoms with E-state index < -0.39 is 5.97 Å². The van der Waals surface area contributed by atoms with Crippen molar-refractivity contribution in [1.82, 2.24) is 9.97 Å². The van der Waals surface area contributed by atoms with Crippen LogP contribution >= 0.6 is 0 Å². The molecule has 1 N–H and O–H groups in total. The molecule has 16 heavy (non-hydrogen) atoms. The number of carboxylic acids is 1. The van der Waals surface area contributed by atoms with E-state index in [2.05, 4.69) is 22.1 Å². The number of carboxylic acid groups (broad SMARTS) is 1. The van der Waals surface area contributed by atoms with E-state index in [1.54, 1.807) is 6.07 Å². The fraction of sp³-hybridized carbons (Fsp3) is 0.417. The lowest BCUT2D eigenvalue weighted by molar-refractivity contribution is 0.0690. The predicted molar refractivity (Wildman–Crippen MR) is 57.1 cm³/mol. The van der Waals surface area contributed by atoms with Gasteiger partial charge in [-0.05, 0) is 30.7 Å². The molecule has 0 amide bonds. The molecule has 0 radical (unpaired) electrons. The van der Waals surface area contributed by atoms with E-state index in [4.69, 9.17) is 5.11 Å². The lowest BCUT2D eigenvalue weighted by Gasteiger charge is -2.17. The number of fused-ring (bicyclic) bond motifs is 2. The van der Waals surface area contributed by atoms with E-state index in [1.165, 1.54) is 12.7 Å². The minimum absolute atomic E-state index is 0.0942. The van der Waals surface area contributed by atoms with Gasteiger partial charge in [-0.25, -0.2) is 14.8 Å². The Hall–Kier alpha value is -1.71. The van der Waals surface area contributed by atoms with Crippen molar-refractivity contribution in [3.8, 4) is 0 Å². The molecule has 0 aromatic carbocycles. The number of rotatable bonds is 2. The van der Waals surface area contributed by atoms with Crippen molar-refractivity contribution in [2.45, 2.75) is 18.8 Å². The SMILES string of the molecule is O=C(O)c1cc([C@H]2C[C@H]3C=C[C@H]2C3)ncn1. The van der Waals surface area contributed by atoms with Gasteiger partial charge in [-0.1, -0.05) is 12.2 Å². The summed E-state index contributed by atoms with van der Waals surface area (Å²) in [5, 5.41) is 8.88. The lowest BCUT2D eigenvalue weighted by Crippen LogP contribution is -2.10. The van der Waals surface area contributed by atoms with Crippen LogP contribution in [0.15, 0.2) is 24.5 Å². The molecule has 2 aliphatic carbocycles. The monoisotopic (exact) mass is 216 g/mol. The summed E-state index contributed by atoms with van der Waals surface area (Å²) in [7, 11) is 0. The zero-order valence-electron chi connectivity index (χ0n) is 8.71. The minimum atomic E-state index is -0.984. The van der Waals surface area contributed by atoms with Crippen LogP contribution < -0.4 is 0 Å². The Bertz CT molecular complexity index is 470. The van der Waals surface area contributed by atoms with E-state index in [1.807, 2.05) is 0 Å². The smallest absolute Gasteiger partial charge is 0.354 e. The van der Waals surface area contributed by atoms with Gasteiger partial charge in [-0.2, -0.15) is 0 Å². The lowest BCUT2D eigenvalue weighted by atomic mass is 9.90. The van der Waals surface area contributed by atoms with Gasteiger partial charge in [0, 0.05) is 11.6 Å². The Morgan fingerprint density at radius 1 is 1.31 bits per heavy atom. The fourth-order valence-corrected chi connectivity index (χ4v) is 2.81. The van der Waals surface area contributed by atoms with E-state index in [0.29, 0.717) is 17.8 Å². The average molecular weight is 216 g/mol. The van der Waals surface area contributed by atoms with Gasteiger partial charge >= 0.3 is 5.97 Å². The minimum Gasteiger partial charge on any atom is -0.477 e. The summed E-state index contributed by atoms with van der Waals surface area (Å²) in [6.07, 6.45) is 8.14. The molecule has 4 nitrogen and oxygen atoms in total. The molecule has 0 aliphatic heterocycles. The van der Waals surface area contributed by atoms with Crippen LogP contribution in [-0.2, 0) is 0 Å². The number of hydrogen-bond donors (Lipinski definition) is 1. The van der Waals surface area contributed by atoms with Crippen molar-refractivity contribution in [3.05, 3.63) is 35.9 Å². The molecule has 0 spiro atoms. The first-order valence-corrected chi connectivity index (χ1v) is 5.47. The summed E-state index contributed by atoms with van der Waals surface area (Å²) < 4.78 is 0. The second kappa shape index (κ2) is 3.40. The summed E-state index contributed by atoms with van der Waals surface area (Å²) >= 11 is 0. The fourth-order valence-electron chi connectivity index (χ4n) is 2.81. The van der Waals surface area contributed by atoms with Gasteiger partial charge < -0.3 is 5.11 Å². The third-order valence-corrected chi connectivity index (χ3v) is 3.57. The Morgan fingerprint density at radius 3 is 2.81 bits per heavy atom. The first-order valence-electron chi connectivity index (χ1n) is 5.47. The van der Waals surface area contributed by atoms with Gasteiger partial charge in [0.2, 0.25) is 0 Å². The predicted octanol–water partition coefficient (Wildman–Crippen LogP) is 1.85. The molecule has 4 heteroatoms. The van der Waals surface area contributed by atoms with Crippen molar-refractivity contribution in [2.24, 2.45) is 11.8 Å². The maximum absolute atomic E-state index is 10.8. The van der Waals surface area contributed by atoms with Crippen LogP contribution in [0.4, 0.5) is 0 Å². The Morgan fingerprint density at radius 2 is 2.19 bits per heavy atom.